The lowest BCUT2D eigenvalue weighted by molar-refractivity contribution is -0.142. The number of nitrogens with one attached hydrogen (secondary N) is 1. The van der Waals surface area contributed by atoms with Gasteiger partial charge in [-0.15, -0.1) is 0 Å². The second-order valence-electron chi connectivity index (χ2n) is 4.65. The second kappa shape index (κ2) is 4.78. The Labute approximate surface area is 104 Å². The van der Waals surface area contributed by atoms with Gasteiger partial charge in [-0.25, -0.2) is 4.79 Å². The van der Waals surface area contributed by atoms with Crippen molar-refractivity contribution >= 4 is 11.9 Å². The molecule has 1 aromatic carbocycles. The number of hydrogen-bond acceptors (Lipinski definition) is 3. The van der Waals surface area contributed by atoms with E-state index in [-0.39, 0.29) is 6.42 Å². The van der Waals surface area contributed by atoms with Gasteiger partial charge in [0.1, 0.15) is 0 Å². The summed E-state index contributed by atoms with van der Waals surface area (Å²) >= 11 is 0. The summed E-state index contributed by atoms with van der Waals surface area (Å²) in [6.45, 7) is 0. The van der Waals surface area contributed by atoms with Crippen LogP contribution in [0.1, 0.15) is 30.9 Å². The van der Waals surface area contributed by atoms with Crippen molar-refractivity contribution < 1.29 is 19.8 Å². The number of carboxylic acids is 1. The van der Waals surface area contributed by atoms with Crippen molar-refractivity contribution in [1.82, 2.24) is 5.32 Å². The van der Waals surface area contributed by atoms with Crippen molar-refractivity contribution in [1.29, 1.82) is 0 Å². The lowest BCUT2D eigenvalue weighted by atomic mass is 10.1. The first-order valence-electron chi connectivity index (χ1n) is 5.80. The first-order valence-corrected chi connectivity index (χ1v) is 5.80. The predicted molar refractivity (Wildman–Crippen MR) is 63.8 cm³/mol. The Bertz CT molecular complexity index is 453. The monoisotopic (exact) mass is 249 g/mol. The van der Waals surface area contributed by atoms with Crippen molar-refractivity contribution in [2.24, 2.45) is 0 Å². The molecule has 5 heteroatoms. The van der Waals surface area contributed by atoms with E-state index >= 15 is 0 Å². The van der Waals surface area contributed by atoms with Gasteiger partial charge in [0.05, 0.1) is 12.0 Å². The molecule has 1 saturated carbocycles. The fourth-order valence-corrected chi connectivity index (χ4v) is 1.77. The van der Waals surface area contributed by atoms with E-state index in [1.165, 1.54) is 0 Å². The van der Waals surface area contributed by atoms with Crippen LogP contribution in [0.4, 0.5) is 0 Å². The van der Waals surface area contributed by atoms with Gasteiger partial charge < -0.3 is 15.5 Å². The SMILES string of the molecule is O=C(CC1(O)CC1)N[C@H](C(=O)O)c1ccccc1. The molecule has 3 N–H and O–H groups in total. The summed E-state index contributed by atoms with van der Waals surface area (Å²) in [6.07, 6.45) is 1.16. The Hall–Kier alpha value is -1.88. The van der Waals surface area contributed by atoms with Crippen LogP contribution in [0, 0.1) is 0 Å². The first-order chi connectivity index (χ1) is 8.50. The molecule has 5 nitrogen and oxygen atoms in total. The zero-order valence-electron chi connectivity index (χ0n) is 9.80. The van der Waals surface area contributed by atoms with Gasteiger partial charge in [-0.3, -0.25) is 4.79 Å². The number of carbonyl (C=O) groups excluding carboxylic acids is 1. The molecule has 0 aromatic heterocycles. The molecule has 1 fully saturated rings. The molecule has 1 aromatic rings. The van der Waals surface area contributed by atoms with Crippen LogP contribution in [0.3, 0.4) is 0 Å². The topological polar surface area (TPSA) is 86.6 Å². The maximum Gasteiger partial charge on any atom is 0.330 e. The van der Waals surface area contributed by atoms with Crippen LogP contribution in [-0.4, -0.2) is 27.7 Å². The number of carboxylic acid groups (broad SMARTS) is 1. The largest absolute Gasteiger partial charge is 0.479 e. The molecule has 96 valence electrons. The first kappa shape index (κ1) is 12.6. The summed E-state index contributed by atoms with van der Waals surface area (Å²) in [4.78, 5) is 22.8. The molecule has 0 aliphatic heterocycles. The minimum absolute atomic E-state index is 0.0381. The Morgan fingerprint density at radius 3 is 2.39 bits per heavy atom. The van der Waals surface area contributed by atoms with Crippen molar-refractivity contribution in [3.63, 3.8) is 0 Å². The number of benzene rings is 1. The highest BCUT2D eigenvalue weighted by Crippen LogP contribution is 2.38. The van der Waals surface area contributed by atoms with Gasteiger partial charge in [0.25, 0.3) is 0 Å². The molecular formula is C13H15NO4. The van der Waals surface area contributed by atoms with E-state index in [2.05, 4.69) is 5.32 Å². The number of hydrogen-bond donors (Lipinski definition) is 3. The molecule has 18 heavy (non-hydrogen) atoms. The van der Waals surface area contributed by atoms with Crippen molar-refractivity contribution in [2.45, 2.75) is 30.9 Å². The summed E-state index contributed by atoms with van der Waals surface area (Å²) in [6, 6.07) is 7.42. The molecule has 1 aliphatic carbocycles. The van der Waals surface area contributed by atoms with Crippen LogP contribution in [0.5, 0.6) is 0 Å². The van der Waals surface area contributed by atoms with Gasteiger partial charge in [0.15, 0.2) is 6.04 Å². The molecular weight excluding hydrogens is 234 g/mol. The molecule has 0 heterocycles. The van der Waals surface area contributed by atoms with E-state index in [9.17, 15) is 14.7 Å². The molecule has 1 atom stereocenters. The van der Waals surface area contributed by atoms with Crippen LogP contribution in [0.2, 0.25) is 0 Å². The standard InChI is InChI=1S/C13H15NO4/c15-10(8-13(18)6-7-13)14-11(12(16)17)9-4-2-1-3-5-9/h1-5,11,18H,6-8H2,(H,14,15)(H,16,17)/t11-/m0/s1. The third kappa shape index (κ3) is 3.07. The van der Waals surface area contributed by atoms with Crippen molar-refractivity contribution in [2.75, 3.05) is 0 Å². The molecule has 1 amide bonds. The van der Waals surface area contributed by atoms with Gasteiger partial charge >= 0.3 is 5.97 Å². The third-order valence-corrected chi connectivity index (χ3v) is 3.00. The van der Waals surface area contributed by atoms with Gasteiger partial charge in [-0.1, -0.05) is 30.3 Å². The Kier molecular flexibility index (Phi) is 3.34. The van der Waals surface area contributed by atoms with Crippen LogP contribution < -0.4 is 5.32 Å². The number of rotatable bonds is 5. The summed E-state index contributed by atoms with van der Waals surface area (Å²) < 4.78 is 0. The highest BCUT2D eigenvalue weighted by Gasteiger charge is 2.42. The number of aliphatic hydroxyl groups is 1. The number of aliphatic carboxylic acids is 1. The van der Waals surface area contributed by atoms with Gasteiger partial charge in [0.2, 0.25) is 5.91 Å². The zero-order valence-corrected chi connectivity index (χ0v) is 9.80. The minimum Gasteiger partial charge on any atom is -0.479 e. The fourth-order valence-electron chi connectivity index (χ4n) is 1.77. The normalized spacial score (nSPS) is 17.8. The lowest BCUT2D eigenvalue weighted by Crippen LogP contribution is -2.35. The van der Waals surface area contributed by atoms with E-state index in [0.717, 1.165) is 0 Å². The fraction of sp³-hybridized carbons (Fsp3) is 0.385. The van der Waals surface area contributed by atoms with E-state index in [0.29, 0.717) is 18.4 Å². The smallest absolute Gasteiger partial charge is 0.330 e. The minimum atomic E-state index is -1.11. The second-order valence-corrected chi connectivity index (χ2v) is 4.65. The Morgan fingerprint density at radius 1 is 1.28 bits per heavy atom. The van der Waals surface area contributed by atoms with Crippen LogP contribution in [0.25, 0.3) is 0 Å². The third-order valence-electron chi connectivity index (χ3n) is 3.00. The van der Waals surface area contributed by atoms with Gasteiger partial charge in [-0.05, 0) is 18.4 Å². The predicted octanol–water partition coefficient (Wildman–Crippen LogP) is 0.843. The van der Waals surface area contributed by atoms with E-state index in [1.807, 2.05) is 0 Å². The van der Waals surface area contributed by atoms with Gasteiger partial charge in [-0.2, -0.15) is 0 Å². The lowest BCUT2D eigenvalue weighted by Gasteiger charge is -2.16. The molecule has 0 spiro atoms. The van der Waals surface area contributed by atoms with Crippen LogP contribution in [0.15, 0.2) is 30.3 Å². The Morgan fingerprint density at radius 2 is 1.89 bits per heavy atom. The molecule has 0 saturated heterocycles. The van der Waals surface area contributed by atoms with E-state index in [1.54, 1.807) is 30.3 Å². The molecule has 0 unspecified atom stereocenters. The quantitative estimate of drug-likeness (QED) is 0.721. The van der Waals surface area contributed by atoms with E-state index < -0.39 is 23.5 Å². The average molecular weight is 249 g/mol. The van der Waals surface area contributed by atoms with Crippen molar-refractivity contribution in [3.05, 3.63) is 35.9 Å². The molecule has 0 radical (unpaired) electrons. The Balaban J connectivity index is 2.03. The molecule has 1 aliphatic rings. The maximum atomic E-state index is 11.7. The van der Waals surface area contributed by atoms with Crippen LogP contribution >= 0.6 is 0 Å². The highest BCUT2D eigenvalue weighted by atomic mass is 16.4. The average Bonchev–Trinajstić information content (AvgIpc) is 3.04. The maximum absolute atomic E-state index is 11.7. The summed E-state index contributed by atoms with van der Waals surface area (Å²) in [5.41, 5.74) is -0.398. The zero-order chi connectivity index (χ0) is 13.2. The number of amides is 1. The molecule has 2 rings (SSSR count). The van der Waals surface area contributed by atoms with Gasteiger partial charge in [0, 0.05) is 0 Å². The van der Waals surface area contributed by atoms with E-state index in [4.69, 9.17) is 5.11 Å². The highest BCUT2D eigenvalue weighted by molar-refractivity contribution is 5.85. The molecule has 0 bridgehead atoms. The summed E-state index contributed by atoms with van der Waals surface area (Å²) in [7, 11) is 0. The van der Waals surface area contributed by atoms with Crippen molar-refractivity contribution in [3.8, 4) is 0 Å². The van der Waals surface area contributed by atoms with Crippen LogP contribution in [-0.2, 0) is 9.59 Å². The summed E-state index contributed by atoms with van der Waals surface area (Å²) in [5.74, 6) is -1.55. The summed E-state index contributed by atoms with van der Waals surface area (Å²) in [5, 5.41) is 21.2. The number of carbonyl (C=O) groups is 2.